The number of hydrogen-bond acceptors (Lipinski definition) is 4. The molecule has 1 fully saturated rings. The smallest absolute Gasteiger partial charge is 0.399 e. The second kappa shape index (κ2) is 6.57. The Morgan fingerprint density at radius 3 is 2.21 bits per heavy atom. The van der Waals surface area contributed by atoms with Gasteiger partial charge in [-0.25, -0.2) is 0 Å². The molecule has 0 radical (unpaired) electrons. The number of rotatable bonds is 7. The molecule has 1 aliphatic rings. The summed E-state index contributed by atoms with van der Waals surface area (Å²) in [6.45, 7) is 11.2. The zero-order chi connectivity index (χ0) is 14.5. The highest BCUT2D eigenvalue weighted by Crippen LogP contribution is 2.38. The van der Waals surface area contributed by atoms with Gasteiger partial charge in [0.1, 0.15) is 0 Å². The molecule has 0 aromatic heterocycles. The molecule has 1 aliphatic heterocycles. The molecule has 0 amide bonds. The Kier molecular flexibility index (Phi) is 5.62. The fourth-order valence-electron chi connectivity index (χ4n) is 1.82. The lowest BCUT2D eigenvalue weighted by molar-refractivity contribution is 0.00578. The lowest BCUT2D eigenvalue weighted by atomic mass is 9.79. The van der Waals surface area contributed by atoms with Crippen LogP contribution in [-0.4, -0.2) is 31.1 Å². The molecular formula is C14H27BN2O2. The van der Waals surface area contributed by atoms with Crippen molar-refractivity contribution in [1.82, 2.24) is 5.32 Å². The van der Waals surface area contributed by atoms with Gasteiger partial charge in [-0.2, -0.15) is 0 Å². The van der Waals surface area contributed by atoms with E-state index in [9.17, 15) is 0 Å². The van der Waals surface area contributed by atoms with E-state index >= 15 is 0 Å². The monoisotopic (exact) mass is 266 g/mol. The second-order valence-corrected chi connectivity index (χ2v) is 6.04. The van der Waals surface area contributed by atoms with Gasteiger partial charge in [0, 0.05) is 18.2 Å². The summed E-state index contributed by atoms with van der Waals surface area (Å²) < 4.78 is 11.8. The molecule has 0 unspecified atom stereocenters. The van der Waals surface area contributed by atoms with E-state index in [-0.39, 0.29) is 11.2 Å². The van der Waals surface area contributed by atoms with Gasteiger partial charge < -0.3 is 20.0 Å². The van der Waals surface area contributed by atoms with Gasteiger partial charge in [-0.15, -0.1) is 0 Å². The maximum absolute atomic E-state index is 7.51. The third kappa shape index (κ3) is 4.08. The van der Waals surface area contributed by atoms with E-state index in [1.54, 1.807) is 0 Å². The van der Waals surface area contributed by atoms with E-state index < -0.39 is 7.12 Å². The zero-order valence-corrected chi connectivity index (χ0v) is 12.9. The molecule has 19 heavy (non-hydrogen) atoms. The van der Waals surface area contributed by atoms with Crippen LogP contribution in [0.25, 0.3) is 0 Å². The van der Waals surface area contributed by atoms with Crippen molar-refractivity contribution < 1.29 is 9.31 Å². The maximum Gasteiger partial charge on any atom is 0.497 e. The first-order valence-electron chi connectivity index (χ1n) is 7.13. The van der Waals surface area contributed by atoms with Crippen LogP contribution in [0.1, 0.15) is 53.9 Å². The van der Waals surface area contributed by atoms with E-state index in [2.05, 4.69) is 12.2 Å². The predicted octanol–water partition coefficient (Wildman–Crippen LogP) is 2.93. The third-order valence-electron chi connectivity index (χ3n) is 3.89. The standard InChI is InChI=1S/C14H27BN2O2/c1-6-7-8-9-17-11-12(10-16)15-18-13(2,3)14(4,5)19-15/h10-11,16-17H,6-9H2,1-5H3/b12-11+,16-10?. The molecule has 5 heteroatoms. The fraction of sp³-hybridized carbons (Fsp3) is 0.786. The van der Waals surface area contributed by atoms with Crippen LogP contribution in [0.4, 0.5) is 0 Å². The third-order valence-corrected chi connectivity index (χ3v) is 3.89. The van der Waals surface area contributed by atoms with Gasteiger partial charge in [-0.3, -0.25) is 0 Å². The van der Waals surface area contributed by atoms with Crippen molar-refractivity contribution in [3.63, 3.8) is 0 Å². The molecule has 1 rings (SSSR count). The highest BCUT2D eigenvalue weighted by molar-refractivity contribution is 6.60. The Morgan fingerprint density at radius 2 is 1.74 bits per heavy atom. The van der Waals surface area contributed by atoms with Crippen molar-refractivity contribution >= 4 is 13.3 Å². The van der Waals surface area contributed by atoms with Gasteiger partial charge in [0.05, 0.1) is 11.2 Å². The van der Waals surface area contributed by atoms with Crippen LogP contribution in [0.3, 0.4) is 0 Å². The van der Waals surface area contributed by atoms with E-state index in [1.807, 2.05) is 33.9 Å². The Hall–Kier alpha value is -0.805. The summed E-state index contributed by atoms with van der Waals surface area (Å²) in [6, 6.07) is 0. The normalized spacial score (nSPS) is 21.5. The van der Waals surface area contributed by atoms with E-state index in [1.165, 1.54) is 19.1 Å². The van der Waals surface area contributed by atoms with Crippen molar-refractivity contribution in [3.8, 4) is 0 Å². The fourth-order valence-corrected chi connectivity index (χ4v) is 1.82. The number of unbranched alkanes of at least 4 members (excludes halogenated alkanes) is 2. The minimum Gasteiger partial charge on any atom is -0.399 e. The average molecular weight is 266 g/mol. The minimum atomic E-state index is -0.457. The SMILES string of the molecule is CCCCCN/C=C(\C=N)B1OC(C)(C)C(C)(C)O1. The minimum absolute atomic E-state index is 0.359. The number of allylic oxidation sites excluding steroid dienone is 1. The average Bonchev–Trinajstić information content (AvgIpc) is 2.53. The van der Waals surface area contributed by atoms with Crippen molar-refractivity contribution in [3.05, 3.63) is 11.7 Å². The van der Waals surface area contributed by atoms with Crippen molar-refractivity contribution in [2.45, 2.75) is 65.1 Å². The molecule has 2 N–H and O–H groups in total. The second-order valence-electron chi connectivity index (χ2n) is 6.04. The Bertz CT molecular complexity index is 324. The summed E-state index contributed by atoms with van der Waals surface area (Å²) >= 11 is 0. The molecule has 0 atom stereocenters. The highest BCUT2D eigenvalue weighted by Gasteiger charge is 2.52. The quantitative estimate of drug-likeness (QED) is 0.423. The summed E-state index contributed by atoms with van der Waals surface area (Å²) in [5.41, 5.74) is 0.0133. The van der Waals surface area contributed by atoms with Crippen LogP contribution in [0, 0.1) is 5.41 Å². The molecule has 0 spiro atoms. The van der Waals surface area contributed by atoms with E-state index in [0.717, 1.165) is 18.4 Å². The van der Waals surface area contributed by atoms with Gasteiger partial charge in [-0.1, -0.05) is 19.8 Å². The first kappa shape index (κ1) is 16.2. The van der Waals surface area contributed by atoms with E-state index in [0.29, 0.717) is 0 Å². The lowest BCUT2D eigenvalue weighted by Crippen LogP contribution is -2.41. The summed E-state index contributed by atoms with van der Waals surface area (Å²) in [5, 5.41) is 10.7. The van der Waals surface area contributed by atoms with Crippen molar-refractivity contribution in [2.24, 2.45) is 0 Å². The van der Waals surface area contributed by atoms with Gasteiger partial charge in [0.15, 0.2) is 0 Å². The maximum atomic E-state index is 7.51. The van der Waals surface area contributed by atoms with Gasteiger partial charge in [0.25, 0.3) is 0 Å². The topological polar surface area (TPSA) is 54.3 Å². The molecule has 4 nitrogen and oxygen atoms in total. The lowest BCUT2D eigenvalue weighted by Gasteiger charge is -2.32. The molecule has 0 bridgehead atoms. The van der Waals surface area contributed by atoms with Crippen LogP contribution in [0.15, 0.2) is 11.7 Å². The molecule has 0 aromatic carbocycles. The predicted molar refractivity (Wildman–Crippen MR) is 80.5 cm³/mol. The van der Waals surface area contributed by atoms with Gasteiger partial charge >= 0.3 is 7.12 Å². The van der Waals surface area contributed by atoms with Crippen LogP contribution >= 0.6 is 0 Å². The first-order chi connectivity index (χ1) is 8.84. The molecule has 0 aliphatic carbocycles. The van der Waals surface area contributed by atoms with E-state index in [4.69, 9.17) is 14.7 Å². The Labute approximate surface area is 117 Å². The first-order valence-corrected chi connectivity index (χ1v) is 7.13. The number of hydrogen-bond donors (Lipinski definition) is 2. The molecular weight excluding hydrogens is 239 g/mol. The van der Waals surface area contributed by atoms with Crippen LogP contribution in [-0.2, 0) is 9.31 Å². The Morgan fingerprint density at radius 1 is 1.16 bits per heavy atom. The summed E-state index contributed by atoms with van der Waals surface area (Å²) in [4.78, 5) is 0. The van der Waals surface area contributed by atoms with Crippen LogP contribution in [0.2, 0.25) is 0 Å². The van der Waals surface area contributed by atoms with Crippen LogP contribution < -0.4 is 5.32 Å². The number of nitrogens with one attached hydrogen (secondary N) is 2. The molecule has 0 aromatic rings. The molecule has 108 valence electrons. The summed E-state index contributed by atoms with van der Waals surface area (Å²) in [5.74, 6) is 0. The summed E-state index contributed by atoms with van der Waals surface area (Å²) in [6.07, 6.45) is 6.71. The molecule has 1 heterocycles. The highest BCUT2D eigenvalue weighted by atomic mass is 16.7. The van der Waals surface area contributed by atoms with Crippen molar-refractivity contribution in [2.75, 3.05) is 6.54 Å². The molecule has 0 saturated carbocycles. The van der Waals surface area contributed by atoms with Crippen LogP contribution in [0.5, 0.6) is 0 Å². The van der Waals surface area contributed by atoms with Gasteiger partial charge in [0.2, 0.25) is 0 Å². The van der Waals surface area contributed by atoms with Gasteiger partial charge in [-0.05, 0) is 40.3 Å². The van der Waals surface area contributed by atoms with Crippen molar-refractivity contribution in [1.29, 1.82) is 5.41 Å². The largest absolute Gasteiger partial charge is 0.497 e. The summed E-state index contributed by atoms with van der Waals surface area (Å²) in [7, 11) is -0.457. The molecule has 1 saturated heterocycles. The Balaban J connectivity index is 2.57. The zero-order valence-electron chi connectivity index (χ0n) is 12.9.